The van der Waals surface area contributed by atoms with Crippen LogP contribution in [0.2, 0.25) is 0 Å². The van der Waals surface area contributed by atoms with E-state index in [1.54, 1.807) is 0 Å². The summed E-state index contributed by atoms with van der Waals surface area (Å²) in [5.41, 5.74) is 1.29. The van der Waals surface area contributed by atoms with Crippen LogP contribution in [-0.4, -0.2) is 32.5 Å². The number of aromatic nitrogens is 3. The fourth-order valence-corrected chi connectivity index (χ4v) is 3.66. The van der Waals surface area contributed by atoms with Gasteiger partial charge < -0.3 is 5.32 Å². The number of amides is 2. The minimum absolute atomic E-state index is 0.0328. The highest BCUT2D eigenvalue weighted by Gasteiger charge is 2.29. The molecule has 0 spiro atoms. The van der Waals surface area contributed by atoms with Crippen molar-refractivity contribution in [1.29, 1.82) is 5.26 Å². The van der Waals surface area contributed by atoms with Gasteiger partial charge in [-0.05, 0) is 24.8 Å². The lowest BCUT2D eigenvalue weighted by molar-refractivity contribution is 0.0938. The van der Waals surface area contributed by atoms with E-state index in [0.717, 1.165) is 34.2 Å². The Kier molecular flexibility index (Phi) is 4.19. The van der Waals surface area contributed by atoms with Gasteiger partial charge in [0.15, 0.2) is 5.65 Å². The summed E-state index contributed by atoms with van der Waals surface area (Å²) < 4.78 is 1.02. The summed E-state index contributed by atoms with van der Waals surface area (Å²) in [5, 5.41) is 16.6. The summed E-state index contributed by atoms with van der Waals surface area (Å²) in [7, 11) is 0. The lowest BCUT2D eigenvalue weighted by Crippen LogP contribution is -2.35. The first-order valence-electron chi connectivity index (χ1n) is 8.61. The zero-order chi connectivity index (χ0) is 19.8. The van der Waals surface area contributed by atoms with Gasteiger partial charge in [0.25, 0.3) is 11.5 Å². The number of allylic oxidation sites excluding steroid dienone is 2. The molecular weight excluding hydrogens is 364 g/mol. The minimum Gasteiger partial charge on any atom is -0.344 e. The van der Waals surface area contributed by atoms with Crippen LogP contribution in [0.3, 0.4) is 0 Å². The molecule has 0 saturated heterocycles. The molecule has 0 bridgehead atoms. The number of carbonyl (C=O) groups excluding carboxylic acids is 2. The lowest BCUT2D eigenvalue weighted by atomic mass is 9.91. The Morgan fingerprint density at radius 3 is 2.96 bits per heavy atom. The SMILES string of the molecule is N#CC1C=CC2=C(CC[C@@H]2NC(=O)c2cc(C(=O)N=O)n3[nH]c(=O)cc3n2)C1. The summed E-state index contributed by atoms with van der Waals surface area (Å²) in [5.74, 6) is -1.81. The fraction of sp³-hybridized carbons (Fsp3) is 0.278. The third-order valence-electron chi connectivity index (χ3n) is 4.96. The summed E-state index contributed by atoms with van der Waals surface area (Å²) in [6, 6.07) is 4.23. The quantitative estimate of drug-likeness (QED) is 0.767. The van der Waals surface area contributed by atoms with Gasteiger partial charge in [0, 0.05) is 17.3 Å². The predicted octanol–water partition coefficient (Wildman–Crippen LogP) is 1.22. The molecule has 2 aliphatic rings. The number of nitrogens with zero attached hydrogens (tertiary/aromatic N) is 4. The van der Waals surface area contributed by atoms with Crippen LogP contribution in [0.1, 0.15) is 40.2 Å². The van der Waals surface area contributed by atoms with Crippen molar-refractivity contribution in [3.05, 3.63) is 62.1 Å². The molecule has 0 fully saturated rings. The normalized spacial score (nSPS) is 20.7. The second-order valence-corrected chi connectivity index (χ2v) is 6.66. The first-order chi connectivity index (χ1) is 13.5. The van der Waals surface area contributed by atoms with Crippen molar-refractivity contribution < 1.29 is 9.59 Å². The average Bonchev–Trinajstić information content (AvgIpc) is 3.28. The first-order valence-corrected chi connectivity index (χ1v) is 8.61. The molecule has 2 amide bonds. The van der Waals surface area contributed by atoms with Gasteiger partial charge in [-0.3, -0.25) is 19.5 Å². The van der Waals surface area contributed by atoms with Crippen LogP contribution >= 0.6 is 0 Å². The van der Waals surface area contributed by atoms with E-state index in [0.29, 0.717) is 12.8 Å². The maximum atomic E-state index is 12.7. The Labute approximate surface area is 157 Å². The molecule has 2 heterocycles. The Morgan fingerprint density at radius 1 is 1.39 bits per heavy atom. The molecule has 0 aromatic carbocycles. The van der Waals surface area contributed by atoms with E-state index in [1.807, 2.05) is 12.2 Å². The van der Waals surface area contributed by atoms with Crippen molar-refractivity contribution >= 4 is 17.5 Å². The zero-order valence-corrected chi connectivity index (χ0v) is 14.5. The number of nitrogens with one attached hydrogen (secondary N) is 2. The van der Waals surface area contributed by atoms with Crippen molar-refractivity contribution in [3.63, 3.8) is 0 Å². The zero-order valence-electron chi connectivity index (χ0n) is 14.5. The molecule has 2 aromatic heterocycles. The third-order valence-corrected chi connectivity index (χ3v) is 4.96. The molecule has 2 aromatic rings. The van der Waals surface area contributed by atoms with Gasteiger partial charge in [-0.2, -0.15) is 5.26 Å². The number of hydrogen-bond donors (Lipinski definition) is 2. The van der Waals surface area contributed by atoms with Gasteiger partial charge in [-0.1, -0.05) is 17.7 Å². The van der Waals surface area contributed by atoms with Crippen LogP contribution in [-0.2, 0) is 0 Å². The summed E-state index contributed by atoms with van der Waals surface area (Å²) >= 11 is 0. The number of rotatable bonds is 3. The molecule has 10 nitrogen and oxygen atoms in total. The smallest absolute Gasteiger partial charge is 0.335 e. The van der Waals surface area contributed by atoms with E-state index in [1.165, 1.54) is 0 Å². The van der Waals surface area contributed by atoms with Crippen LogP contribution in [0.25, 0.3) is 5.65 Å². The fourth-order valence-electron chi connectivity index (χ4n) is 3.66. The summed E-state index contributed by atoms with van der Waals surface area (Å²) in [6.07, 6.45) is 5.85. The Bertz CT molecular complexity index is 1180. The molecule has 2 atom stereocenters. The van der Waals surface area contributed by atoms with E-state index in [-0.39, 0.29) is 29.0 Å². The van der Waals surface area contributed by atoms with Crippen molar-refractivity contribution in [2.24, 2.45) is 11.1 Å². The largest absolute Gasteiger partial charge is 0.344 e. The predicted molar refractivity (Wildman–Crippen MR) is 96.3 cm³/mol. The average molecular weight is 378 g/mol. The molecule has 4 rings (SSSR count). The topological polar surface area (TPSA) is 150 Å². The summed E-state index contributed by atoms with van der Waals surface area (Å²) in [4.78, 5) is 50.8. The molecule has 2 N–H and O–H groups in total. The standard InChI is InChI=1S/C18H14N6O4/c19-8-9-1-3-11-10(5-9)2-4-12(11)21-17(26)13-6-14(18(27)23-28)24-15(20-13)7-16(25)22-24/h1,3,6-7,9,12H,2,4-5H2,(H,21,26)(H,22,25)/t9?,12-/m0/s1. The van der Waals surface area contributed by atoms with Crippen LogP contribution < -0.4 is 10.9 Å². The number of nitroso groups, excluding NO2 is 1. The van der Waals surface area contributed by atoms with Gasteiger partial charge in [-0.25, -0.2) is 9.50 Å². The Hall–Kier alpha value is -3.87. The van der Waals surface area contributed by atoms with Gasteiger partial charge >= 0.3 is 5.91 Å². The molecule has 2 aliphatic carbocycles. The first kappa shape index (κ1) is 17.5. The highest BCUT2D eigenvalue weighted by molar-refractivity contribution is 5.98. The second kappa shape index (κ2) is 6.70. The molecule has 0 saturated carbocycles. The van der Waals surface area contributed by atoms with Crippen LogP contribution in [0.15, 0.2) is 45.4 Å². The van der Waals surface area contributed by atoms with Crippen LogP contribution in [0, 0.1) is 22.2 Å². The molecule has 1 unspecified atom stereocenters. The number of fused-ring (bicyclic) bond motifs is 1. The highest BCUT2D eigenvalue weighted by Crippen LogP contribution is 2.35. The van der Waals surface area contributed by atoms with E-state index < -0.39 is 17.4 Å². The van der Waals surface area contributed by atoms with Gasteiger partial charge in [-0.15, -0.1) is 4.91 Å². The van der Waals surface area contributed by atoms with Crippen LogP contribution in [0.5, 0.6) is 0 Å². The van der Waals surface area contributed by atoms with Gasteiger partial charge in [0.05, 0.1) is 18.0 Å². The Balaban J connectivity index is 1.63. The van der Waals surface area contributed by atoms with Crippen molar-refractivity contribution in [3.8, 4) is 6.07 Å². The molecule has 10 heteroatoms. The number of H-pyrrole nitrogens is 1. The van der Waals surface area contributed by atoms with Crippen molar-refractivity contribution in [1.82, 2.24) is 19.9 Å². The van der Waals surface area contributed by atoms with E-state index in [4.69, 9.17) is 5.26 Å². The molecule has 0 aliphatic heterocycles. The van der Waals surface area contributed by atoms with E-state index >= 15 is 0 Å². The number of carbonyl (C=O) groups is 2. The molecule has 0 radical (unpaired) electrons. The monoisotopic (exact) mass is 378 g/mol. The minimum atomic E-state index is -1.13. The van der Waals surface area contributed by atoms with Gasteiger partial charge in [0.1, 0.15) is 11.4 Å². The summed E-state index contributed by atoms with van der Waals surface area (Å²) in [6.45, 7) is 0. The number of aromatic amines is 1. The lowest BCUT2D eigenvalue weighted by Gasteiger charge is -2.18. The van der Waals surface area contributed by atoms with Crippen LogP contribution in [0.4, 0.5) is 0 Å². The molecule has 28 heavy (non-hydrogen) atoms. The molecule has 140 valence electrons. The molecular formula is C18H14N6O4. The maximum absolute atomic E-state index is 12.7. The Morgan fingerprint density at radius 2 is 2.21 bits per heavy atom. The van der Waals surface area contributed by atoms with E-state index in [9.17, 15) is 19.3 Å². The van der Waals surface area contributed by atoms with Crippen molar-refractivity contribution in [2.75, 3.05) is 0 Å². The second-order valence-electron chi connectivity index (χ2n) is 6.66. The van der Waals surface area contributed by atoms with E-state index in [2.05, 4.69) is 26.6 Å². The number of hydrogen-bond acceptors (Lipinski definition) is 6. The third kappa shape index (κ3) is 2.92. The van der Waals surface area contributed by atoms with Gasteiger partial charge in [0.2, 0.25) is 0 Å². The number of nitriles is 1. The maximum Gasteiger partial charge on any atom is 0.335 e. The van der Waals surface area contributed by atoms with Crippen molar-refractivity contribution in [2.45, 2.75) is 25.3 Å². The highest BCUT2D eigenvalue weighted by atomic mass is 16.3.